The molecule has 24 heavy (non-hydrogen) atoms. The van der Waals surface area contributed by atoms with E-state index < -0.39 is 10.8 Å². The summed E-state index contributed by atoms with van der Waals surface area (Å²) in [7, 11) is 0. The second-order valence-corrected chi connectivity index (χ2v) is 5.29. The van der Waals surface area contributed by atoms with Gasteiger partial charge in [0.2, 0.25) is 0 Å². The van der Waals surface area contributed by atoms with E-state index in [2.05, 4.69) is 11.1 Å². The first-order chi connectivity index (χ1) is 11.5. The first-order valence-corrected chi connectivity index (χ1v) is 7.07. The highest BCUT2D eigenvalue weighted by Crippen LogP contribution is 2.31. The van der Waals surface area contributed by atoms with Crippen molar-refractivity contribution in [2.24, 2.45) is 5.73 Å². The maximum absolute atomic E-state index is 11.4. The van der Waals surface area contributed by atoms with Gasteiger partial charge in [-0.2, -0.15) is 5.26 Å². The fourth-order valence-corrected chi connectivity index (χ4v) is 2.62. The Hall–Kier alpha value is -3.66. The third-order valence-electron chi connectivity index (χ3n) is 3.73. The van der Waals surface area contributed by atoms with Gasteiger partial charge in [0.05, 0.1) is 22.9 Å². The number of nitrogens with one attached hydrogen (secondary N) is 1. The molecule has 0 unspecified atom stereocenters. The summed E-state index contributed by atoms with van der Waals surface area (Å²) >= 11 is 0. The van der Waals surface area contributed by atoms with E-state index in [4.69, 9.17) is 11.0 Å². The quantitative estimate of drug-likeness (QED) is 0.566. The lowest BCUT2D eigenvalue weighted by atomic mass is 9.98. The van der Waals surface area contributed by atoms with Crippen LogP contribution in [0.2, 0.25) is 0 Å². The fourth-order valence-electron chi connectivity index (χ4n) is 2.62. The molecule has 0 saturated carbocycles. The second-order valence-electron chi connectivity index (χ2n) is 5.29. The number of hydrogen-bond acceptors (Lipinski definition) is 4. The van der Waals surface area contributed by atoms with Gasteiger partial charge >= 0.3 is 0 Å². The predicted molar refractivity (Wildman–Crippen MR) is 88.2 cm³/mol. The standard InChI is InChI=1S/C17H12N4O3/c18-6-5-10-7-12-9-15(17(19)22)20-16(12)14(8-10)11-1-3-13(4-2-11)21(23)24/h1-4,7-9,20H,5H2,(H2,19,22). The molecule has 1 amide bonds. The SMILES string of the molecule is N#CCc1cc(-c2ccc([N+](=O)[O-])cc2)c2[nH]c(C(N)=O)cc2c1. The van der Waals surface area contributed by atoms with Crippen LogP contribution in [0, 0.1) is 21.4 Å². The molecule has 7 nitrogen and oxygen atoms in total. The number of nitrogens with two attached hydrogens (primary N) is 1. The van der Waals surface area contributed by atoms with Crippen molar-refractivity contribution in [2.45, 2.75) is 6.42 Å². The van der Waals surface area contributed by atoms with Gasteiger partial charge in [-0.25, -0.2) is 0 Å². The number of nitriles is 1. The number of H-pyrrole nitrogens is 1. The van der Waals surface area contributed by atoms with Gasteiger partial charge in [0, 0.05) is 23.1 Å². The molecule has 0 bridgehead atoms. The Morgan fingerprint density at radius 1 is 1.25 bits per heavy atom. The molecule has 0 saturated heterocycles. The lowest BCUT2D eigenvalue weighted by Crippen LogP contribution is -2.10. The molecule has 2 aromatic carbocycles. The van der Waals surface area contributed by atoms with E-state index >= 15 is 0 Å². The number of hydrogen-bond donors (Lipinski definition) is 2. The molecule has 7 heteroatoms. The van der Waals surface area contributed by atoms with Gasteiger partial charge in [0.1, 0.15) is 5.69 Å². The van der Waals surface area contributed by atoms with Crippen molar-refractivity contribution in [3.8, 4) is 17.2 Å². The summed E-state index contributed by atoms with van der Waals surface area (Å²) in [6.07, 6.45) is 0.215. The van der Waals surface area contributed by atoms with Crippen LogP contribution in [0.4, 0.5) is 5.69 Å². The van der Waals surface area contributed by atoms with Gasteiger partial charge in [0.25, 0.3) is 11.6 Å². The molecular formula is C17H12N4O3. The molecule has 118 valence electrons. The number of nitrogens with zero attached hydrogens (tertiary/aromatic N) is 2. The molecule has 1 heterocycles. The van der Waals surface area contributed by atoms with Gasteiger partial charge in [-0.05, 0) is 41.5 Å². The predicted octanol–water partition coefficient (Wildman–Crippen LogP) is 2.91. The number of benzene rings is 2. The highest BCUT2D eigenvalue weighted by atomic mass is 16.6. The third-order valence-corrected chi connectivity index (χ3v) is 3.73. The monoisotopic (exact) mass is 320 g/mol. The van der Waals surface area contributed by atoms with Crippen LogP contribution >= 0.6 is 0 Å². The van der Waals surface area contributed by atoms with Crippen LogP contribution in [0.1, 0.15) is 16.1 Å². The molecule has 1 aromatic heterocycles. The first kappa shape index (κ1) is 15.2. The average molecular weight is 320 g/mol. The second kappa shape index (κ2) is 5.85. The van der Waals surface area contributed by atoms with Crippen LogP contribution in [0.5, 0.6) is 0 Å². The zero-order valence-electron chi connectivity index (χ0n) is 12.4. The average Bonchev–Trinajstić information content (AvgIpc) is 2.99. The number of carbonyl (C=O) groups excluding carboxylic acids is 1. The first-order valence-electron chi connectivity index (χ1n) is 7.07. The van der Waals surface area contributed by atoms with E-state index in [0.29, 0.717) is 5.52 Å². The number of amides is 1. The normalized spacial score (nSPS) is 10.5. The molecule has 0 spiro atoms. The Kier molecular flexibility index (Phi) is 3.72. The van der Waals surface area contributed by atoms with Crippen LogP contribution < -0.4 is 5.73 Å². The maximum Gasteiger partial charge on any atom is 0.269 e. The summed E-state index contributed by atoms with van der Waals surface area (Å²) in [6.45, 7) is 0. The third kappa shape index (κ3) is 2.68. The van der Waals surface area contributed by atoms with Crippen molar-refractivity contribution >= 4 is 22.5 Å². The summed E-state index contributed by atoms with van der Waals surface area (Å²) in [5, 5.41) is 20.5. The number of carbonyl (C=O) groups is 1. The molecule has 0 fully saturated rings. The number of rotatable bonds is 4. The lowest BCUT2D eigenvalue weighted by Gasteiger charge is -2.06. The molecule has 0 aliphatic carbocycles. The summed E-state index contributed by atoms with van der Waals surface area (Å²) in [5.41, 5.74) is 8.55. The van der Waals surface area contributed by atoms with Crippen molar-refractivity contribution in [3.63, 3.8) is 0 Å². The van der Waals surface area contributed by atoms with E-state index in [9.17, 15) is 14.9 Å². The zero-order chi connectivity index (χ0) is 17.3. The Labute approximate surface area is 136 Å². The highest BCUT2D eigenvalue weighted by Gasteiger charge is 2.13. The van der Waals surface area contributed by atoms with Crippen molar-refractivity contribution in [3.05, 3.63) is 63.8 Å². The molecule has 3 aromatic rings. The Bertz CT molecular complexity index is 997. The van der Waals surface area contributed by atoms with Gasteiger partial charge in [0.15, 0.2) is 0 Å². The van der Waals surface area contributed by atoms with Crippen molar-refractivity contribution in [2.75, 3.05) is 0 Å². The van der Waals surface area contributed by atoms with Crippen molar-refractivity contribution in [1.82, 2.24) is 4.98 Å². The number of fused-ring (bicyclic) bond motifs is 1. The molecule has 0 aliphatic rings. The minimum Gasteiger partial charge on any atom is -0.364 e. The number of nitro groups is 1. The van der Waals surface area contributed by atoms with Crippen molar-refractivity contribution < 1.29 is 9.72 Å². The maximum atomic E-state index is 11.4. The molecule has 0 radical (unpaired) electrons. The number of aromatic nitrogens is 1. The van der Waals surface area contributed by atoms with Gasteiger partial charge < -0.3 is 10.7 Å². The number of aromatic amines is 1. The Morgan fingerprint density at radius 2 is 1.96 bits per heavy atom. The van der Waals surface area contributed by atoms with E-state index in [-0.39, 0.29) is 17.8 Å². The van der Waals surface area contributed by atoms with E-state index in [1.165, 1.54) is 12.1 Å². The zero-order valence-corrected chi connectivity index (χ0v) is 12.4. The summed E-state index contributed by atoms with van der Waals surface area (Å²) < 4.78 is 0. The fraction of sp³-hybridized carbons (Fsp3) is 0.0588. The number of non-ortho nitro benzene ring substituents is 1. The smallest absolute Gasteiger partial charge is 0.269 e. The van der Waals surface area contributed by atoms with Gasteiger partial charge in [-0.3, -0.25) is 14.9 Å². The molecule has 3 rings (SSSR count). The molecule has 0 atom stereocenters. The van der Waals surface area contributed by atoms with Crippen LogP contribution in [-0.2, 0) is 6.42 Å². The van der Waals surface area contributed by atoms with E-state index in [1.54, 1.807) is 18.2 Å². The van der Waals surface area contributed by atoms with Gasteiger partial charge in [-0.15, -0.1) is 0 Å². The van der Waals surface area contributed by atoms with Crippen LogP contribution in [-0.4, -0.2) is 15.8 Å². The van der Waals surface area contributed by atoms with Crippen molar-refractivity contribution in [1.29, 1.82) is 5.26 Å². The van der Waals surface area contributed by atoms with E-state index in [1.807, 2.05) is 12.1 Å². The summed E-state index contributed by atoms with van der Waals surface area (Å²) in [5.74, 6) is -0.581. The van der Waals surface area contributed by atoms with Crippen LogP contribution in [0.15, 0.2) is 42.5 Å². The number of nitro benzene ring substituents is 1. The van der Waals surface area contributed by atoms with Crippen LogP contribution in [0.25, 0.3) is 22.0 Å². The topological polar surface area (TPSA) is 126 Å². The Morgan fingerprint density at radius 3 is 2.54 bits per heavy atom. The Balaban J connectivity index is 2.22. The molecule has 3 N–H and O–H groups in total. The lowest BCUT2D eigenvalue weighted by molar-refractivity contribution is -0.384. The van der Waals surface area contributed by atoms with E-state index in [0.717, 1.165) is 22.1 Å². The minimum absolute atomic E-state index is 0.00696. The number of primary amides is 1. The molecule has 0 aliphatic heterocycles. The summed E-state index contributed by atoms with van der Waals surface area (Å²) in [4.78, 5) is 24.7. The highest BCUT2D eigenvalue weighted by molar-refractivity contribution is 6.02. The largest absolute Gasteiger partial charge is 0.364 e. The van der Waals surface area contributed by atoms with Gasteiger partial charge in [-0.1, -0.05) is 0 Å². The molecular weight excluding hydrogens is 308 g/mol. The minimum atomic E-state index is -0.581. The van der Waals surface area contributed by atoms with Crippen LogP contribution in [0.3, 0.4) is 0 Å². The summed E-state index contributed by atoms with van der Waals surface area (Å²) in [6, 6.07) is 13.5.